The number of hydrogen-bond donors (Lipinski definition) is 1. The quantitative estimate of drug-likeness (QED) is 0.925. The topological polar surface area (TPSA) is 29.5 Å². The first-order chi connectivity index (χ1) is 9.42. The highest BCUT2D eigenvalue weighted by atomic mass is 35.5. The number of methoxy groups -OCH3 is 1. The molecule has 0 fully saturated rings. The molecule has 0 radical (unpaired) electrons. The minimum absolute atomic E-state index is 0.194. The average Bonchev–Trinajstić information content (AvgIpc) is 2.39. The fraction of sp³-hybridized carbons (Fsp3) is 0.250. The van der Waals surface area contributed by atoms with E-state index in [4.69, 9.17) is 16.3 Å². The molecule has 0 saturated heterocycles. The molecular weight excluding hydrogens is 279 g/mol. The molecule has 2 nitrogen and oxygen atoms in total. The Bertz CT molecular complexity index is 594. The van der Waals surface area contributed by atoms with Gasteiger partial charge in [-0.2, -0.15) is 0 Å². The zero-order valence-electron chi connectivity index (χ0n) is 11.4. The van der Waals surface area contributed by atoms with Crippen LogP contribution in [0.2, 0.25) is 5.02 Å². The Morgan fingerprint density at radius 2 is 1.85 bits per heavy atom. The van der Waals surface area contributed by atoms with Crippen molar-refractivity contribution in [3.8, 4) is 5.75 Å². The predicted molar refractivity (Wildman–Crippen MR) is 77.7 cm³/mol. The summed E-state index contributed by atoms with van der Waals surface area (Å²) >= 11 is 5.83. The molecule has 0 spiro atoms. The van der Waals surface area contributed by atoms with Crippen LogP contribution in [0, 0.1) is 5.82 Å². The number of aliphatic hydroxyl groups is 1. The zero-order valence-corrected chi connectivity index (χ0v) is 12.1. The van der Waals surface area contributed by atoms with Crippen molar-refractivity contribution >= 4 is 11.6 Å². The number of rotatable bonds is 4. The Kier molecular flexibility index (Phi) is 4.31. The van der Waals surface area contributed by atoms with Crippen molar-refractivity contribution in [3.63, 3.8) is 0 Å². The summed E-state index contributed by atoms with van der Waals surface area (Å²) in [7, 11) is 1.42. The molecule has 0 aromatic heterocycles. The lowest BCUT2D eigenvalue weighted by Gasteiger charge is -2.24. The molecule has 0 aliphatic heterocycles. The maximum Gasteiger partial charge on any atom is 0.165 e. The molecule has 0 bridgehead atoms. The van der Waals surface area contributed by atoms with Crippen molar-refractivity contribution in [2.45, 2.75) is 18.9 Å². The summed E-state index contributed by atoms with van der Waals surface area (Å²) in [6.45, 7) is 1.69. The van der Waals surface area contributed by atoms with E-state index >= 15 is 0 Å². The first kappa shape index (κ1) is 14.8. The van der Waals surface area contributed by atoms with Crippen LogP contribution >= 0.6 is 11.6 Å². The van der Waals surface area contributed by atoms with E-state index in [-0.39, 0.29) is 5.75 Å². The molecule has 2 rings (SSSR count). The number of halogens is 2. The van der Waals surface area contributed by atoms with Crippen LogP contribution in [0.3, 0.4) is 0 Å². The van der Waals surface area contributed by atoms with Gasteiger partial charge in [0, 0.05) is 11.4 Å². The summed E-state index contributed by atoms with van der Waals surface area (Å²) in [5, 5.41) is 11.2. The van der Waals surface area contributed by atoms with E-state index in [2.05, 4.69) is 0 Å². The minimum atomic E-state index is -1.09. The van der Waals surface area contributed by atoms with Crippen LogP contribution in [-0.2, 0) is 12.0 Å². The van der Waals surface area contributed by atoms with Gasteiger partial charge in [-0.15, -0.1) is 0 Å². The van der Waals surface area contributed by atoms with E-state index in [1.54, 1.807) is 43.3 Å². The molecule has 4 heteroatoms. The van der Waals surface area contributed by atoms with Crippen molar-refractivity contribution in [1.29, 1.82) is 0 Å². The minimum Gasteiger partial charge on any atom is -0.494 e. The molecule has 2 aromatic carbocycles. The van der Waals surface area contributed by atoms with Crippen molar-refractivity contribution in [1.82, 2.24) is 0 Å². The van der Waals surface area contributed by atoms with E-state index in [0.717, 1.165) is 5.56 Å². The molecule has 106 valence electrons. The van der Waals surface area contributed by atoms with Crippen molar-refractivity contribution in [2.24, 2.45) is 0 Å². The maximum atomic E-state index is 13.7. The summed E-state index contributed by atoms with van der Waals surface area (Å²) in [5.41, 5.74) is 0.340. The molecule has 0 heterocycles. The molecule has 1 unspecified atom stereocenters. The largest absolute Gasteiger partial charge is 0.494 e. The Hall–Kier alpha value is -1.58. The Morgan fingerprint density at radius 1 is 1.20 bits per heavy atom. The molecule has 20 heavy (non-hydrogen) atoms. The van der Waals surface area contributed by atoms with Gasteiger partial charge in [0.2, 0.25) is 0 Å². The van der Waals surface area contributed by atoms with E-state index in [1.807, 2.05) is 0 Å². The molecule has 0 saturated carbocycles. The SMILES string of the molecule is COc1ccc(CC(C)(O)c2ccc(Cl)cc2)cc1F. The number of benzene rings is 2. The van der Waals surface area contributed by atoms with Crippen LogP contribution in [0.1, 0.15) is 18.1 Å². The highest BCUT2D eigenvalue weighted by molar-refractivity contribution is 6.30. The first-order valence-corrected chi connectivity index (χ1v) is 6.61. The van der Waals surface area contributed by atoms with Gasteiger partial charge in [0.05, 0.1) is 12.7 Å². The lowest BCUT2D eigenvalue weighted by atomic mass is 9.89. The van der Waals surface area contributed by atoms with Crippen molar-refractivity contribution in [3.05, 3.63) is 64.4 Å². The van der Waals surface area contributed by atoms with E-state index in [1.165, 1.54) is 13.2 Å². The van der Waals surface area contributed by atoms with Crippen molar-refractivity contribution < 1.29 is 14.2 Å². The maximum absolute atomic E-state index is 13.7. The van der Waals surface area contributed by atoms with Crippen LogP contribution in [0.4, 0.5) is 4.39 Å². The molecule has 1 N–H and O–H groups in total. The lowest BCUT2D eigenvalue weighted by Crippen LogP contribution is -2.24. The normalized spacial score (nSPS) is 13.8. The van der Waals surface area contributed by atoms with E-state index in [0.29, 0.717) is 17.0 Å². The van der Waals surface area contributed by atoms with Gasteiger partial charge in [0.1, 0.15) is 0 Å². The standard InChI is InChI=1S/C16H16ClFO2/c1-16(19,12-4-6-13(17)7-5-12)10-11-3-8-15(20-2)14(18)9-11/h3-9,19H,10H2,1-2H3. The zero-order chi connectivity index (χ0) is 14.8. The molecular formula is C16H16ClFO2. The van der Waals surface area contributed by atoms with Gasteiger partial charge in [-0.3, -0.25) is 0 Å². The van der Waals surface area contributed by atoms with Crippen LogP contribution < -0.4 is 4.74 Å². The van der Waals surface area contributed by atoms with E-state index in [9.17, 15) is 9.50 Å². The third-order valence-electron chi connectivity index (χ3n) is 3.23. The fourth-order valence-electron chi connectivity index (χ4n) is 2.13. The summed E-state index contributed by atoms with van der Waals surface area (Å²) in [6.07, 6.45) is 0.301. The highest BCUT2D eigenvalue weighted by Crippen LogP contribution is 2.28. The van der Waals surface area contributed by atoms with Gasteiger partial charge in [-0.05, 0) is 42.3 Å². The fourth-order valence-corrected chi connectivity index (χ4v) is 2.25. The van der Waals surface area contributed by atoms with Gasteiger partial charge < -0.3 is 9.84 Å². The van der Waals surface area contributed by atoms with Gasteiger partial charge in [0.15, 0.2) is 11.6 Å². The second-order valence-electron chi connectivity index (χ2n) is 4.93. The monoisotopic (exact) mass is 294 g/mol. The molecule has 2 aromatic rings. The van der Waals surface area contributed by atoms with Gasteiger partial charge in [-0.25, -0.2) is 4.39 Å². The molecule has 0 aliphatic rings. The molecule has 1 atom stereocenters. The summed E-state index contributed by atoms with van der Waals surface area (Å²) in [6, 6.07) is 11.7. The summed E-state index contributed by atoms with van der Waals surface area (Å²) < 4.78 is 18.5. The average molecular weight is 295 g/mol. The third kappa shape index (κ3) is 3.30. The van der Waals surface area contributed by atoms with Crippen LogP contribution in [0.5, 0.6) is 5.75 Å². The number of ether oxygens (including phenoxy) is 1. The van der Waals surface area contributed by atoms with Crippen molar-refractivity contribution in [2.75, 3.05) is 7.11 Å². The second kappa shape index (κ2) is 5.81. The van der Waals surface area contributed by atoms with E-state index < -0.39 is 11.4 Å². The molecule has 0 aliphatic carbocycles. The van der Waals surface area contributed by atoms with Crippen LogP contribution in [-0.4, -0.2) is 12.2 Å². The Labute approximate surface area is 122 Å². The summed E-state index contributed by atoms with van der Waals surface area (Å²) in [4.78, 5) is 0. The second-order valence-corrected chi connectivity index (χ2v) is 5.36. The summed E-state index contributed by atoms with van der Waals surface area (Å²) in [5.74, 6) is -0.239. The lowest BCUT2D eigenvalue weighted by molar-refractivity contribution is 0.0575. The number of hydrogen-bond acceptors (Lipinski definition) is 2. The predicted octanol–water partition coefficient (Wildman–Crippen LogP) is 3.94. The first-order valence-electron chi connectivity index (χ1n) is 6.23. The van der Waals surface area contributed by atoms with Crippen LogP contribution in [0.25, 0.3) is 0 Å². The Morgan fingerprint density at radius 3 is 2.40 bits per heavy atom. The van der Waals surface area contributed by atoms with Gasteiger partial charge >= 0.3 is 0 Å². The van der Waals surface area contributed by atoms with Gasteiger partial charge in [0.25, 0.3) is 0 Å². The molecule has 0 amide bonds. The van der Waals surface area contributed by atoms with Gasteiger partial charge in [-0.1, -0.05) is 29.8 Å². The third-order valence-corrected chi connectivity index (χ3v) is 3.48. The Balaban J connectivity index is 2.23. The smallest absolute Gasteiger partial charge is 0.165 e. The van der Waals surface area contributed by atoms with Crippen LogP contribution in [0.15, 0.2) is 42.5 Å². The highest BCUT2D eigenvalue weighted by Gasteiger charge is 2.24.